The quantitative estimate of drug-likeness (QED) is 0.779. The van der Waals surface area contributed by atoms with Gasteiger partial charge in [-0.3, -0.25) is 0 Å². The molecule has 0 saturated heterocycles. The van der Waals surface area contributed by atoms with E-state index in [0.717, 1.165) is 18.4 Å². The Hall–Kier alpha value is -0.500. The number of hydrogen-bond acceptors (Lipinski definition) is 1. The monoisotopic (exact) mass is 243 g/mol. The van der Waals surface area contributed by atoms with Gasteiger partial charge in [0.05, 0.1) is 10.0 Å². The molecular weight excluding hydrogens is 229 g/mol. The van der Waals surface area contributed by atoms with Crippen LogP contribution in [0.5, 0.6) is 0 Å². The van der Waals surface area contributed by atoms with Gasteiger partial charge in [-0.25, -0.2) is 0 Å². The van der Waals surface area contributed by atoms with Crippen LogP contribution in [0.15, 0.2) is 30.9 Å². The fourth-order valence-electron chi connectivity index (χ4n) is 1.48. The predicted molar refractivity (Wildman–Crippen MR) is 67.8 cm³/mol. The Bertz CT molecular complexity index is 336. The summed E-state index contributed by atoms with van der Waals surface area (Å²) in [7, 11) is 1.94. The van der Waals surface area contributed by atoms with Gasteiger partial charge in [-0.2, -0.15) is 0 Å². The lowest BCUT2D eigenvalue weighted by Crippen LogP contribution is -2.26. The highest BCUT2D eigenvalue weighted by atomic mass is 35.5. The number of likely N-dealkylation sites (N-methyl/N-ethyl adjacent to an activating group) is 1. The molecule has 0 aliphatic rings. The molecule has 1 unspecified atom stereocenters. The van der Waals surface area contributed by atoms with Gasteiger partial charge in [-0.15, -0.1) is 6.58 Å². The molecule has 0 aliphatic heterocycles. The van der Waals surface area contributed by atoms with E-state index in [4.69, 9.17) is 23.2 Å². The van der Waals surface area contributed by atoms with Crippen LogP contribution in [0.1, 0.15) is 12.0 Å². The first-order valence-electron chi connectivity index (χ1n) is 4.90. The lowest BCUT2D eigenvalue weighted by molar-refractivity contribution is 0.566. The largest absolute Gasteiger partial charge is 0.316 e. The molecule has 0 bridgehead atoms. The molecule has 0 aromatic heterocycles. The first kappa shape index (κ1) is 12.6. The zero-order valence-electron chi connectivity index (χ0n) is 8.76. The van der Waals surface area contributed by atoms with Gasteiger partial charge >= 0.3 is 0 Å². The van der Waals surface area contributed by atoms with Crippen LogP contribution in [0, 0.1) is 0 Å². The summed E-state index contributed by atoms with van der Waals surface area (Å²) in [5, 5.41) is 4.49. The number of rotatable bonds is 5. The molecule has 1 rings (SSSR count). The van der Waals surface area contributed by atoms with Crippen molar-refractivity contribution in [2.45, 2.75) is 18.9 Å². The first-order chi connectivity index (χ1) is 7.19. The third kappa shape index (κ3) is 3.53. The van der Waals surface area contributed by atoms with Crippen LogP contribution in [-0.4, -0.2) is 13.1 Å². The molecule has 3 heteroatoms. The topological polar surface area (TPSA) is 12.0 Å². The number of hydrogen-bond donors (Lipinski definition) is 1. The van der Waals surface area contributed by atoms with E-state index in [-0.39, 0.29) is 0 Å². The van der Waals surface area contributed by atoms with Crippen molar-refractivity contribution in [3.63, 3.8) is 0 Å². The molecule has 1 atom stereocenters. The minimum atomic E-state index is 0.360. The summed E-state index contributed by atoms with van der Waals surface area (Å²) in [6.45, 7) is 3.73. The molecule has 0 aliphatic carbocycles. The van der Waals surface area contributed by atoms with Gasteiger partial charge in [0.1, 0.15) is 0 Å². The van der Waals surface area contributed by atoms with Crippen LogP contribution in [0.2, 0.25) is 10.0 Å². The van der Waals surface area contributed by atoms with E-state index < -0.39 is 0 Å². The van der Waals surface area contributed by atoms with Gasteiger partial charge < -0.3 is 5.32 Å². The van der Waals surface area contributed by atoms with Gasteiger partial charge in [-0.1, -0.05) is 41.4 Å². The van der Waals surface area contributed by atoms with Crippen LogP contribution in [0.25, 0.3) is 0 Å². The average Bonchev–Trinajstić information content (AvgIpc) is 2.24. The normalized spacial score (nSPS) is 12.5. The van der Waals surface area contributed by atoms with E-state index in [0.29, 0.717) is 16.1 Å². The number of benzene rings is 1. The molecule has 82 valence electrons. The molecule has 0 radical (unpaired) electrons. The average molecular weight is 244 g/mol. The lowest BCUT2D eigenvalue weighted by Gasteiger charge is -2.15. The molecule has 15 heavy (non-hydrogen) atoms. The van der Waals surface area contributed by atoms with E-state index in [1.165, 1.54) is 0 Å². The Balaban J connectivity index is 2.78. The van der Waals surface area contributed by atoms with E-state index in [1.807, 2.05) is 25.3 Å². The standard InChI is InChI=1S/C12H15Cl2N/c1-3-5-10(15-2)8-9-6-4-7-11(13)12(9)14/h3-4,6-7,10,15H,1,5,8H2,2H3. The van der Waals surface area contributed by atoms with Gasteiger partial charge in [0.25, 0.3) is 0 Å². The summed E-state index contributed by atoms with van der Waals surface area (Å²) >= 11 is 12.1. The highest BCUT2D eigenvalue weighted by molar-refractivity contribution is 6.42. The Morgan fingerprint density at radius 1 is 1.47 bits per heavy atom. The maximum atomic E-state index is 6.11. The number of nitrogens with one attached hydrogen (secondary N) is 1. The molecule has 1 nitrogen and oxygen atoms in total. The summed E-state index contributed by atoms with van der Waals surface area (Å²) in [6, 6.07) is 6.08. The van der Waals surface area contributed by atoms with Gasteiger partial charge in [0, 0.05) is 6.04 Å². The minimum Gasteiger partial charge on any atom is -0.316 e. The van der Waals surface area contributed by atoms with Gasteiger partial charge in [0.2, 0.25) is 0 Å². The van der Waals surface area contributed by atoms with Crippen molar-refractivity contribution in [3.8, 4) is 0 Å². The molecule has 0 saturated carbocycles. The summed E-state index contributed by atoms with van der Waals surface area (Å²) < 4.78 is 0. The third-order valence-corrected chi connectivity index (χ3v) is 3.22. The van der Waals surface area contributed by atoms with Crippen LogP contribution < -0.4 is 5.32 Å². The minimum absolute atomic E-state index is 0.360. The second-order valence-corrected chi connectivity index (χ2v) is 4.21. The van der Waals surface area contributed by atoms with E-state index >= 15 is 0 Å². The Morgan fingerprint density at radius 3 is 2.80 bits per heavy atom. The van der Waals surface area contributed by atoms with Crippen molar-refractivity contribution in [1.82, 2.24) is 5.32 Å². The van der Waals surface area contributed by atoms with E-state index in [1.54, 1.807) is 6.07 Å². The second kappa shape index (κ2) is 6.16. The maximum absolute atomic E-state index is 6.11. The smallest absolute Gasteiger partial charge is 0.0624 e. The molecule has 0 heterocycles. The molecule has 0 fully saturated rings. The SMILES string of the molecule is C=CCC(Cc1cccc(Cl)c1Cl)NC. The third-order valence-electron chi connectivity index (χ3n) is 2.36. The molecule has 1 aromatic rings. The number of halogens is 2. The zero-order valence-corrected chi connectivity index (χ0v) is 10.3. The van der Waals surface area contributed by atoms with Crippen molar-refractivity contribution in [1.29, 1.82) is 0 Å². The van der Waals surface area contributed by atoms with Crippen LogP contribution >= 0.6 is 23.2 Å². The van der Waals surface area contributed by atoms with Crippen molar-refractivity contribution in [3.05, 3.63) is 46.5 Å². The van der Waals surface area contributed by atoms with Crippen LogP contribution in [0.4, 0.5) is 0 Å². The predicted octanol–water partition coefficient (Wildman–Crippen LogP) is 3.70. The summed E-state index contributed by atoms with van der Waals surface area (Å²) in [4.78, 5) is 0. The Morgan fingerprint density at radius 2 is 2.20 bits per heavy atom. The van der Waals surface area contributed by atoms with E-state index in [2.05, 4.69) is 11.9 Å². The van der Waals surface area contributed by atoms with Crippen LogP contribution in [0.3, 0.4) is 0 Å². The highest BCUT2D eigenvalue weighted by Gasteiger charge is 2.09. The van der Waals surface area contributed by atoms with Crippen molar-refractivity contribution in [2.24, 2.45) is 0 Å². The lowest BCUT2D eigenvalue weighted by atomic mass is 10.0. The molecule has 1 N–H and O–H groups in total. The Kier molecular flexibility index (Phi) is 5.16. The zero-order chi connectivity index (χ0) is 11.3. The van der Waals surface area contributed by atoms with Crippen molar-refractivity contribution in [2.75, 3.05) is 7.05 Å². The molecule has 1 aromatic carbocycles. The highest BCUT2D eigenvalue weighted by Crippen LogP contribution is 2.26. The fraction of sp³-hybridized carbons (Fsp3) is 0.333. The molecular formula is C12H15Cl2N. The Labute approximate surface area is 101 Å². The maximum Gasteiger partial charge on any atom is 0.0624 e. The second-order valence-electron chi connectivity index (χ2n) is 3.43. The summed E-state index contributed by atoms with van der Waals surface area (Å²) in [5.41, 5.74) is 1.07. The molecule has 0 spiro atoms. The molecule has 0 amide bonds. The first-order valence-corrected chi connectivity index (χ1v) is 5.65. The van der Waals surface area contributed by atoms with Crippen LogP contribution in [-0.2, 0) is 6.42 Å². The van der Waals surface area contributed by atoms with E-state index in [9.17, 15) is 0 Å². The van der Waals surface area contributed by atoms with Crippen molar-refractivity contribution < 1.29 is 0 Å². The van der Waals surface area contributed by atoms with Gasteiger partial charge in [-0.05, 0) is 31.5 Å². The van der Waals surface area contributed by atoms with Gasteiger partial charge in [0.15, 0.2) is 0 Å². The van der Waals surface area contributed by atoms with Crippen molar-refractivity contribution >= 4 is 23.2 Å². The summed E-state index contributed by atoms with van der Waals surface area (Å²) in [5.74, 6) is 0. The fourth-order valence-corrected chi connectivity index (χ4v) is 1.87. The summed E-state index contributed by atoms with van der Waals surface area (Å²) in [6.07, 6.45) is 3.68.